The molecule has 0 saturated carbocycles. The second kappa shape index (κ2) is 10.8. The van der Waals surface area contributed by atoms with E-state index in [9.17, 15) is 9.59 Å². The Bertz CT molecular complexity index is 587. The number of halogens is 1. The Morgan fingerprint density at radius 3 is 2.42 bits per heavy atom. The molecule has 7 heteroatoms. The van der Waals surface area contributed by atoms with E-state index in [4.69, 9.17) is 11.6 Å². The normalized spacial score (nSPS) is 15.3. The largest absolute Gasteiger partial charge is 0.353 e. The molecule has 5 nitrogen and oxygen atoms in total. The van der Waals surface area contributed by atoms with Gasteiger partial charge in [0.15, 0.2) is 0 Å². The molecule has 0 unspecified atom stereocenters. The zero-order chi connectivity index (χ0) is 18.9. The number of benzene rings is 1. The third kappa shape index (κ3) is 7.56. The van der Waals surface area contributed by atoms with Gasteiger partial charge in [-0.2, -0.15) is 0 Å². The molecule has 1 N–H and O–H groups in total. The van der Waals surface area contributed by atoms with Crippen molar-refractivity contribution in [3.05, 3.63) is 29.3 Å². The van der Waals surface area contributed by atoms with Crippen LogP contribution in [0.2, 0.25) is 5.02 Å². The first-order valence-electron chi connectivity index (χ1n) is 9.12. The van der Waals surface area contributed by atoms with Crippen molar-refractivity contribution in [3.8, 4) is 0 Å². The number of rotatable bonds is 8. The first kappa shape index (κ1) is 21.1. The van der Waals surface area contributed by atoms with E-state index in [0.29, 0.717) is 26.1 Å². The standard InChI is InChI=1S/C19H28ClN3O2S/c1-15(2)21-18(24)14-22-9-11-23(12-10-22)19(25)4-3-13-26-17-7-5-16(20)6-8-17/h5-8,15H,3-4,9-14H2,1-2H3,(H,21,24). The number of carbonyl (C=O) groups excluding carboxylic acids is 2. The van der Waals surface area contributed by atoms with E-state index < -0.39 is 0 Å². The number of carbonyl (C=O) groups is 2. The van der Waals surface area contributed by atoms with Crippen molar-refractivity contribution in [1.29, 1.82) is 0 Å². The summed E-state index contributed by atoms with van der Waals surface area (Å²) in [6.07, 6.45) is 1.44. The second-order valence-electron chi connectivity index (χ2n) is 6.79. The smallest absolute Gasteiger partial charge is 0.234 e. The molecule has 1 saturated heterocycles. The van der Waals surface area contributed by atoms with Crippen LogP contribution < -0.4 is 5.32 Å². The molecule has 1 heterocycles. The average molecular weight is 398 g/mol. The maximum absolute atomic E-state index is 12.3. The number of thioether (sulfide) groups is 1. The van der Waals surface area contributed by atoms with Crippen molar-refractivity contribution in [2.75, 3.05) is 38.5 Å². The maximum Gasteiger partial charge on any atom is 0.234 e. The molecule has 0 atom stereocenters. The van der Waals surface area contributed by atoms with Gasteiger partial charge < -0.3 is 10.2 Å². The minimum atomic E-state index is 0.0546. The van der Waals surface area contributed by atoms with Gasteiger partial charge in [-0.05, 0) is 50.3 Å². The zero-order valence-electron chi connectivity index (χ0n) is 15.5. The third-order valence-corrected chi connectivity index (χ3v) is 5.51. The van der Waals surface area contributed by atoms with Gasteiger partial charge in [0.05, 0.1) is 6.54 Å². The van der Waals surface area contributed by atoms with Crippen LogP contribution in [-0.4, -0.2) is 66.1 Å². The van der Waals surface area contributed by atoms with Crippen molar-refractivity contribution < 1.29 is 9.59 Å². The van der Waals surface area contributed by atoms with Gasteiger partial charge in [-0.1, -0.05) is 11.6 Å². The molecule has 0 spiro atoms. The lowest BCUT2D eigenvalue weighted by atomic mass is 10.2. The Kier molecular flexibility index (Phi) is 8.75. The minimum absolute atomic E-state index is 0.0546. The first-order valence-corrected chi connectivity index (χ1v) is 10.5. The van der Waals surface area contributed by atoms with Crippen LogP contribution in [0.3, 0.4) is 0 Å². The summed E-state index contributed by atoms with van der Waals surface area (Å²) in [4.78, 5) is 29.3. The molecule has 1 aliphatic heterocycles. The van der Waals surface area contributed by atoms with E-state index >= 15 is 0 Å². The summed E-state index contributed by atoms with van der Waals surface area (Å²) in [5, 5.41) is 3.65. The predicted octanol–water partition coefficient (Wildman–Crippen LogP) is 2.88. The lowest BCUT2D eigenvalue weighted by molar-refractivity contribution is -0.133. The molecule has 0 aliphatic carbocycles. The molecule has 2 amide bonds. The lowest BCUT2D eigenvalue weighted by Crippen LogP contribution is -2.51. The molecular formula is C19H28ClN3O2S. The van der Waals surface area contributed by atoms with Gasteiger partial charge in [0, 0.05) is 48.6 Å². The molecule has 0 bridgehead atoms. The average Bonchev–Trinajstić information content (AvgIpc) is 2.60. The van der Waals surface area contributed by atoms with Gasteiger partial charge in [0.2, 0.25) is 11.8 Å². The molecule has 0 radical (unpaired) electrons. The Balaban J connectivity index is 1.60. The van der Waals surface area contributed by atoms with Gasteiger partial charge in [0.1, 0.15) is 0 Å². The molecule has 1 aromatic rings. The summed E-state index contributed by atoms with van der Waals surface area (Å²) in [7, 11) is 0. The highest BCUT2D eigenvalue weighted by Crippen LogP contribution is 2.21. The molecule has 144 valence electrons. The van der Waals surface area contributed by atoms with E-state index in [-0.39, 0.29) is 17.9 Å². The molecule has 1 fully saturated rings. The lowest BCUT2D eigenvalue weighted by Gasteiger charge is -2.34. The summed E-state index contributed by atoms with van der Waals surface area (Å²) in [5.41, 5.74) is 0. The van der Waals surface area contributed by atoms with Gasteiger partial charge in [-0.25, -0.2) is 0 Å². The molecular weight excluding hydrogens is 370 g/mol. The van der Waals surface area contributed by atoms with Crippen LogP contribution in [0.4, 0.5) is 0 Å². The van der Waals surface area contributed by atoms with Crippen molar-refractivity contribution in [1.82, 2.24) is 15.1 Å². The summed E-state index contributed by atoms with van der Waals surface area (Å²) in [6, 6.07) is 7.94. The third-order valence-electron chi connectivity index (χ3n) is 4.16. The van der Waals surface area contributed by atoms with Crippen molar-refractivity contribution in [3.63, 3.8) is 0 Å². The van der Waals surface area contributed by atoms with Crippen molar-refractivity contribution in [2.24, 2.45) is 0 Å². The molecule has 1 aliphatic rings. The van der Waals surface area contributed by atoms with E-state index in [1.807, 2.05) is 43.0 Å². The Labute approximate surface area is 165 Å². The highest BCUT2D eigenvalue weighted by atomic mass is 35.5. The van der Waals surface area contributed by atoms with E-state index in [0.717, 1.165) is 30.3 Å². The summed E-state index contributed by atoms with van der Waals surface area (Å²) >= 11 is 7.62. The Morgan fingerprint density at radius 2 is 1.81 bits per heavy atom. The van der Waals surface area contributed by atoms with Gasteiger partial charge >= 0.3 is 0 Å². The highest BCUT2D eigenvalue weighted by molar-refractivity contribution is 7.99. The zero-order valence-corrected chi connectivity index (χ0v) is 17.1. The van der Waals surface area contributed by atoms with Gasteiger partial charge in [0.25, 0.3) is 0 Å². The number of hydrogen-bond acceptors (Lipinski definition) is 4. The SMILES string of the molecule is CC(C)NC(=O)CN1CCN(C(=O)CCCSc2ccc(Cl)cc2)CC1. The van der Waals surface area contributed by atoms with E-state index in [1.54, 1.807) is 11.8 Å². The second-order valence-corrected chi connectivity index (χ2v) is 8.39. The topological polar surface area (TPSA) is 52.7 Å². The van der Waals surface area contributed by atoms with Crippen LogP contribution in [0.1, 0.15) is 26.7 Å². The first-order chi connectivity index (χ1) is 12.4. The summed E-state index contributed by atoms with van der Waals surface area (Å²) < 4.78 is 0. The quantitative estimate of drug-likeness (QED) is 0.541. The van der Waals surface area contributed by atoms with Crippen molar-refractivity contribution >= 4 is 35.2 Å². The number of nitrogens with zero attached hydrogens (tertiary/aromatic N) is 2. The van der Waals surface area contributed by atoms with Crippen LogP contribution in [0.25, 0.3) is 0 Å². The number of piperazine rings is 1. The minimum Gasteiger partial charge on any atom is -0.353 e. The summed E-state index contributed by atoms with van der Waals surface area (Å²) in [6.45, 7) is 7.27. The molecule has 1 aromatic carbocycles. The number of nitrogens with one attached hydrogen (secondary N) is 1. The highest BCUT2D eigenvalue weighted by Gasteiger charge is 2.22. The number of amides is 2. The van der Waals surface area contributed by atoms with Gasteiger partial charge in [-0.15, -0.1) is 11.8 Å². The van der Waals surface area contributed by atoms with Crippen LogP contribution >= 0.6 is 23.4 Å². The maximum atomic E-state index is 12.3. The van der Waals surface area contributed by atoms with Gasteiger partial charge in [-0.3, -0.25) is 14.5 Å². The molecule has 0 aromatic heterocycles. The van der Waals surface area contributed by atoms with Crippen LogP contribution in [0, 0.1) is 0 Å². The van der Waals surface area contributed by atoms with E-state index in [2.05, 4.69) is 10.2 Å². The van der Waals surface area contributed by atoms with Crippen LogP contribution in [0.5, 0.6) is 0 Å². The molecule has 26 heavy (non-hydrogen) atoms. The van der Waals surface area contributed by atoms with E-state index in [1.165, 1.54) is 4.90 Å². The molecule has 2 rings (SSSR count). The fraction of sp³-hybridized carbons (Fsp3) is 0.579. The fourth-order valence-electron chi connectivity index (χ4n) is 2.83. The van der Waals surface area contributed by atoms with Crippen LogP contribution in [0.15, 0.2) is 29.2 Å². The number of hydrogen-bond donors (Lipinski definition) is 1. The Morgan fingerprint density at radius 1 is 1.15 bits per heavy atom. The Hall–Kier alpha value is -1.24. The predicted molar refractivity (Wildman–Crippen MR) is 108 cm³/mol. The monoisotopic (exact) mass is 397 g/mol. The summed E-state index contributed by atoms with van der Waals surface area (Å²) in [5.74, 6) is 1.19. The fourth-order valence-corrected chi connectivity index (χ4v) is 3.81. The van der Waals surface area contributed by atoms with Crippen molar-refractivity contribution in [2.45, 2.75) is 37.6 Å². The van der Waals surface area contributed by atoms with Crippen LogP contribution in [-0.2, 0) is 9.59 Å².